The van der Waals surface area contributed by atoms with Gasteiger partial charge in [0.25, 0.3) is 5.69 Å². The SMILES string of the molecule is O=[N+]([O-])c1ccc(Br)cc1CNCCCCn1ccnc1. The molecule has 7 heteroatoms. The molecular formula is C14H17BrN4O2. The number of aromatic nitrogens is 2. The van der Waals surface area contributed by atoms with E-state index in [0.717, 1.165) is 30.4 Å². The summed E-state index contributed by atoms with van der Waals surface area (Å²) < 4.78 is 2.89. The molecule has 0 amide bonds. The number of halogens is 1. The van der Waals surface area contributed by atoms with Crippen LogP contribution in [-0.4, -0.2) is 21.0 Å². The zero-order valence-corrected chi connectivity index (χ0v) is 13.1. The number of nitro groups is 1. The average molecular weight is 353 g/mol. The van der Waals surface area contributed by atoms with Crippen LogP contribution in [0.1, 0.15) is 18.4 Å². The summed E-state index contributed by atoms with van der Waals surface area (Å²) in [5, 5.41) is 14.2. The number of rotatable bonds is 8. The first kappa shape index (κ1) is 15.7. The molecule has 0 radical (unpaired) electrons. The van der Waals surface area contributed by atoms with Gasteiger partial charge in [-0.3, -0.25) is 10.1 Å². The second-order valence-electron chi connectivity index (χ2n) is 4.71. The molecule has 0 aliphatic heterocycles. The maximum absolute atomic E-state index is 11.0. The van der Waals surface area contributed by atoms with Crippen LogP contribution in [0.25, 0.3) is 0 Å². The zero-order chi connectivity index (χ0) is 15.1. The Kier molecular flexibility index (Phi) is 5.89. The Balaban J connectivity index is 1.73. The molecule has 6 nitrogen and oxygen atoms in total. The summed E-state index contributed by atoms with van der Waals surface area (Å²) in [4.78, 5) is 14.6. The average Bonchev–Trinajstić information content (AvgIpc) is 2.95. The van der Waals surface area contributed by atoms with E-state index in [4.69, 9.17) is 0 Å². The Morgan fingerprint density at radius 2 is 2.24 bits per heavy atom. The topological polar surface area (TPSA) is 73.0 Å². The fourth-order valence-electron chi connectivity index (χ4n) is 2.06. The quantitative estimate of drug-likeness (QED) is 0.450. The fraction of sp³-hybridized carbons (Fsp3) is 0.357. The van der Waals surface area contributed by atoms with Crippen LogP contribution in [0.5, 0.6) is 0 Å². The Hall–Kier alpha value is -1.73. The number of nitrogens with zero attached hydrogens (tertiary/aromatic N) is 3. The Morgan fingerprint density at radius 1 is 1.38 bits per heavy atom. The number of nitrogens with one attached hydrogen (secondary N) is 1. The van der Waals surface area contributed by atoms with Crippen LogP contribution >= 0.6 is 15.9 Å². The van der Waals surface area contributed by atoms with Crippen molar-refractivity contribution in [1.29, 1.82) is 0 Å². The lowest BCUT2D eigenvalue weighted by Crippen LogP contribution is -2.16. The van der Waals surface area contributed by atoms with Crippen LogP contribution in [0, 0.1) is 10.1 Å². The summed E-state index contributed by atoms with van der Waals surface area (Å²) in [6.07, 6.45) is 7.57. The van der Waals surface area contributed by atoms with E-state index in [1.54, 1.807) is 24.7 Å². The van der Waals surface area contributed by atoms with Gasteiger partial charge in [-0.15, -0.1) is 0 Å². The molecule has 0 unspecified atom stereocenters. The molecule has 2 rings (SSSR count). The van der Waals surface area contributed by atoms with Crippen molar-refractivity contribution in [3.8, 4) is 0 Å². The van der Waals surface area contributed by atoms with Crippen LogP contribution < -0.4 is 5.32 Å². The van der Waals surface area contributed by atoms with E-state index in [2.05, 4.69) is 26.2 Å². The lowest BCUT2D eigenvalue weighted by atomic mass is 10.2. The van der Waals surface area contributed by atoms with Crippen molar-refractivity contribution in [3.05, 3.63) is 57.1 Å². The molecule has 112 valence electrons. The standard InChI is InChI=1S/C14H17BrN4O2/c15-13-3-4-14(19(20)21)12(9-13)10-16-5-1-2-7-18-8-6-17-11-18/h3-4,6,8-9,11,16H,1-2,5,7,10H2. The highest BCUT2D eigenvalue weighted by Gasteiger charge is 2.12. The summed E-state index contributed by atoms with van der Waals surface area (Å²) in [5.74, 6) is 0. The smallest absolute Gasteiger partial charge is 0.273 e. The molecule has 0 spiro atoms. The monoisotopic (exact) mass is 352 g/mol. The first-order chi connectivity index (χ1) is 10.2. The van der Waals surface area contributed by atoms with E-state index in [-0.39, 0.29) is 10.6 Å². The van der Waals surface area contributed by atoms with Gasteiger partial charge in [-0.2, -0.15) is 0 Å². The van der Waals surface area contributed by atoms with E-state index in [1.165, 1.54) is 6.07 Å². The molecule has 2 aromatic rings. The lowest BCUT2D eigenvalue weighted by Gasteiger charge is -2.07. The molecule has 1 N–H and O–H groups in total. The van der Waals surface area contributed by atoms with Gasteiger partial charge in [-0.05, 0) is 31.5 Å². The van der Waals surface area contributed by atoms with Gasteiger partial charge in [-0.1, -0.05) is 15.9 Å². The predicted molar refractivity (Wildman–Crippen MR) is 84.0 cm³/mol. The van der Waals surface area contributed by atoms with Gasteiger partial charge in [-0.25, -0.2) is 4.98 Å². The van der Waals surface area contributed by atoms with E-state index >= 15 is 0 Å². The number of hydrogen-bond acceptors (Lipinski definition) is 4. The van der Waals surface area contributed by atoms with Gasteiger partial charge in [0, 0.05) is 41.6 Å². The van der Waals surface area contributed by atoms with Crippen molar-refractivity contribution in [2.75, 3.05) is 6.54 Å². The highest BCUT2D eigenvalue weighted by molar-refractivity contribution is 9.10. The Bertz CT molecular complexity index is 587. The van der Waals surface area contributed by atoms with Gasteiger partial charge in [0.05, 0.1) is 11.3 Å². The third-order valence-electron chi connectivity index (χ3n) is 3.13. The minimum atomic E-state index is -0.345. The summed E-state index contributed by atoms with van der Waals surface area (Å²) in [6, 6.07) is 5.00. The Morgan fingerprint density at radius 3 is 2.95 bits per heavy atom. The van der Waals surface area contributed by atoms with E-state index in [9.17, 15) is 10.1 Å². The first-order valence-corrected chi connectivity index (χ1v) is 7.55. The lowest BCUT2D eigenvalue weighted by molar-refractivity contribution is -0.385. The normalized spacial score (nSPS) is 10.7. The summed E-state index contributed by atoms with van der Waals surface area (Å²) in [5.41, 5.74) is 0.855. The molecule has 0 atom stereocenters. The van der Waals surface area contributed by atoms with Crippen LogP contribution in [0.4, 0.5) is 5.69 Å². The maximum Gasteiger partial charge on any atom is 0.273 e. The third-order valence-corrected chi connectivity index (χ3v) is 3.63. The van der Waals surface area contributed by atoms with Gasteiger partial charge < -0.3 is 9.88 Å². The third kappa shape index (κ3) is 4.95. The van der Waals surface area contributed by atoms with Crippen molar-refractivity contribution < 1.29 is 4.92 Å². The fourth-order valence-corrected chi connectivity index (χ4v) is 2.47. The molecule has 0 saturated carbocycles. The molecule has 1 aromatic carbocycles. The molecule has 0 fully saturated rings. The van der Waals surface area contributed by atoms with Crippen molar-refractivity contribution in [3.63, 3.8) is 0 Å². The minimum absolute atomic E-state index is 0.157. The van der Waals surface area contributed by atoms with Crippen LogP contribution in [0.2, 0.25) is 0 Å². The second-order valence-corrected chi connectivity index (χ2v) is 5.63. The van der Waals surface area contributed by atoms with Crippen molar-refractivity contribution in [2.24, 2.45) is 0 Å². The number of benzene rings is 1. The second kappa shape index (κ2) is 7.90. The largest absolute Gasteiger partial charge is 0.337 e. The molecule has 1 aromatic heterocycles. The van der Waals surface area contributed by atoms with Crippen molar-refractivity contribution in [2.45, 2.75) is 25.9 Å². The maximum atomic E-state index is 11.0. The van der Waals surface area contributed by atoms with E-state index in [1.807, 2.05) is 10.8 Å². The Labute approximate surface area is 131 Å². The summed E-state index contributed by atoms with van der Waals surface area (Å²) in [6.45, 7) is 2.28. The minimum Gasteiger partial charge on any atom is -0.337 e. The number of imidazole rings is 1. The van der Waals surface area contributed by atoms with Gasteiger partial charge >= 0.3 is 0 Å². The van der Waals surface area contributed by atoms with Crippen LogP contribution in [0.3, 0.4) is 0 Å². The summed E-state index contributed by atoms with van der Waals surface area (Å²) >= 11 is 3.34. The van der Waals surface area contributed by atoms with Gasteiger partial charge in [0.1, 0.15) is 0 Å². The van der Waals surface area contributed by atoms with E-state index in [0.29, 0.717) is 12.1 Å². The van der Waals surface area contributed by atoms with E-state index < -0.39 is 0 Å². The van der Waals surface area contributed by atoms with Crippen molar-refractivity contribution >= 4 is 21.6 Å². The predicted octanol–water partition coefficient (Wildman–Crippen LogP) is 3.12. The molecular weight excluding hydrogens is 336 g/mol. The number of aryl methyl sites for hydroxylation is 1. The molecule has 21 heavy (non-hydrogen) atoms. The zero-order valence-electron chi connectivity index (χ0n) is 11.5. The van der Waals surface area contributed by atoms with Crippen LogP contribution in [0.15, 0.2) is 41.4 Å². The number of hydrogen-bond donors (Lipinski definition) is 1. The number of nitro benzene ring substituents is 1. The van der Waals surface area contributed by atoms with Gasteiger partial charge in [0.15, 0.2) is 0 Å². The molecule has 0 saturated heterocycles. The van der Waals surface area contributed by atoms with Gasteiger partial charge in [0.2, 0.25) is 0 Å². The molecule has 0 aliphatic carbocycles. The van der Waals surface area contributed by atoms with Crippen LogP contribution in [-0.2, 0) is 13.1 Å². The molecule has 0 aliphatic rings. The molecule has 1 heterocycles. The molecule has 0 bridgehead atoms. The number of unbranched alkanes of at least 4 members (excludes halogenated alkanes) is 1. The summed E-state index contributed by atoms with van der Waals surface area (Å²) in [7, 11) is 0. The van der Waals surface area contributed by atoms with Crippen molar-refractivity contribution in [1.82, 2.24) is 14.9 Å². The highest BCUT2D eigenvalue weighted by Crippen LogP contribution is 2.22. The first-order valence-electron chi connectivity index (χ1n) is 6.76. The highest BCUT2D eigenvalue weighted by atomic mass is 79.9.